The zero-order valence-electron chi connectivity index (χ0n) is 12.8. The molecule has 22 heavy (non-hydrogen) atoms. The molecule has 1 unspecified atom stereocenters. The van der Waals surface area contributed by atoms with Gasteiger partial charge in [0.05, 0.1) is 6.04 Å². The standard InChI is InChI=1S/C16H23N3O3/c1-18-15(20)13-4-2-3-11(9-13)10-19-16(21)14(17)12-5-7-22-8-6-12/h2-4,9,12,14H,5-8,10,17H2,1H3,(H,18,20)(H,19,21). The molecule has 0 aromatic heterocycles. The molecule has 0 saturated carbocycles. The van der Waals surface area contributed by atoms with Gasteiger partial charge in [-0.05, 0) is 36.5 Å². The summed E-state index contributed by atoms with van der Waals surface area (Å²) in [5.41, 5.74) is 7.47. The maximum absolute atomic E-state index is 12.1. The van der Waals surface area contributed by atoms with Crippen molar-refractivity contribution in [3.8, 4) is 0 Å². The van der Waals surface area contributed by atoms with Crippen LogP contribution in [0.25, 0.3) is 0 Å². The van der Waals surface area contributed by atoms with Crippen LogP contribution in [0.2, 0.25) is 0 Å². The lowest BCUT2D eigenvalue weighted by Crippen LogP contribution is -2.46. The van der Waals surface area contributed by atoms with E-state index < -0.39 is 6.04 Å². The van der Waals surface area contributed by atoms with Gasteiger partial charge < -0.3 is 21.1 Å². The Bertz CT molecular complexity index is 527. The maximum Gasteiger partial charge on any atom is 0.251 e. The molecular formula is C16H23N3O3. The third kappa shape index (κ3) is 4.29. The summed E-state index contributed by atoms with van der Waals surface area (Å²) < 4.78 is 5.28. The molecule has 0 spiro atoms. The van der Waals surface area contributed by atoms with E-state index in [-0.39, 0.29) is 17.7 Å². The lowest BCUT2D eigenvalue weighted by Gasteiger charge is -2.26. The van der Waals surface area contributed by atoms with Crippen LogP contribution in [-0.2, 0) is 16.1 Å². The maximum atomic E-state index is 12.1. The minimum Gasteiger partial charge on any atom is -0.381 e. The fraction of sp³-hybridized carbons (Fsp3) is 0.500. The van der Waals surface area contributed by atoms with Crippen LogP contribution in [0.3, 0.4) is 0 Å². The van der Waals surface area contributed by atoms with Crippen molar-refractivity contribution in [2.24, 2.45) is 11.7 Å². The van der Waals surface area contributed by atoms with Crippen LogP contribution in [0.15, 0.2) is 24.3 Å². The minimum atomic E-state index is -0.508. The summed E-state index contributed by atoms with van der Waals surface area (Å²) in [6, 6.07) is 6.65. The first kappa shape index (κ1) is 16.5. The number of nitrogens with one attached hydrogen (secondary N) is 2. The van der Waals surface area contributed by atoms with E-state index in [4.69, 9.17) is 10.5 Å². The smallest absolute Gasteiger partial charge is 0.251 e. The van der Waals surface area contributed by atoms with Crippen molar-refractivity contribution in [2.45, 2.75) is 25.4 Å². The van der Waals surface area contributed by atoms with Crippen molar-refractivity contribution in [1.82, 2.24) is 10.6 Å². The predicted molar refractivity (Wildman–Crippen MR) is 83.2 cm³/mol. The summed E-state index contributed by atoms with van der Waals surface area (Å²) in [4.78, 5) is 23.7. The fourth-order valence-electron chi connectivity index (χ4n) is 2.56. The van der Waals surface area contributed by atoms with Crippen LogP contribution in [0.5, 0.6) is 0 Å². The van der Waals surface area contributed by atoms with Crippen molar-refractivity contribution in [1.29, 1.82) is 0 Å². The zero-order chi connectivity index (χ0) is 15.9. The number of ether oxygens (including phenoxy) is 1. The van der Waals surface area contributed by atoms with Gasteiger partial charge in [-0.15, -0.1) is 0 Å². The Morgan fingerprint density at radius 3 is 2.77 bits per heavy atom. The van der Waals surface area contributed by atoms with Crippen LogP contribution in [0.4, 0.5) is 0 Å². The highest BCUT2D eigenvalue weighted by molar-refractivity contribution is 5.94. The van der Waals surface area contributed by atoms with Crippen LogP contribution < -0.4 is 16.4 Å². The molecule has 4 N–H and O–H groups in total. The highest BCUT2D eigenvalue weighted by Gasteiger charge is 2.26. The van der Waals surface area contributed by atoms with E-state index in [1.54, 1.807) is 25.2 Å². The topological polar surface area (TPSA) is 93.5 Å². The van der Waals surface area contributed by atoms with Gasteiger partial charge in [0.15, 0.2) is 0 Å². The quantitative estimate of drug-likeness (QED) is 0.735. The van der Waals surface area contributed by atoms with E-state index in [0.29, 0.717) is 25.3 Å². The third-order valence-corrected chi connectivity index (χ3v) is 3.96. The van der Waals surface area contributed by atoms with Crippen LogP contribution >= 0.6 is 0 Å². The van der Waals surface area contributed by atoms with E-state index in [1.165, 1.54) is 0 Å². The van der Waals surface area contributed by atoms with Gasteiger partial charge >= 0.3 is 0 Å². The number of rotatable bonds is 5. The molecule has 1 aliphatic heterocycles. The minimum absolute atomic E-state index is 0.146. The Morgan fingerprint density at radius 1 is 1.36 bits per heavy atom. The number of hydrogen-bond acceptors (Lipinski definition) is 4. The molecule has 1 aliphatic rings. The van der Waals surface area contributed by atoms with Gasteiger partial charge in [-0.1, -0.05) is 12.1 Å². The largest absolute Gasteiger partial charge is 0.381 e. The first-order valence-corrected chi connectivity index (χ1v) is 7.54. The molecule has 1 atom stereocenters. The SMILES string of the molecule is CNC(=O)c1cccc(CNC(=O)C(N)C2CCOCC2)c1. The average Bonchev–Trinajstić information content (AvgIpc) is 2.59. The predicted octanol–water partition coefficient (Wildman–Crippen LogP) is 0.416. The van der Waals surface area contributed by atoms with Gasteiger partial charge in [-0.3, -0.25) is 9.59 Å². The number of benzene rings is 1. The summed E-state index contributed by atoms with van der Waals surface area (Å²) in [7, 11) is 1.59. The number of amides is 2. The molecule has 1 heterocycles. The van der Waals surface area contributed by atoms with E-state index in [1.807, 2.05) is 6.07 Å². The van der Waals surface area contributed by atoms with Gasteiger partial charge in [-0.2, -0.15) is 0 Å². The average molecular weight is 305 g/mol. The molecule has 6 nitrogen and oxygen atoms in total. The van der Waals surface area contributed by atoms with Crippen molar-refractivity contribution >= 4 is 11.8 Å². The lowest BCUT2D eigenvalue weighted by molar-refractivity contribution is -0.124. The summed E-state index contributed by atoms with van der Waals surface area (Å²) in [6.45, 7) is 1.69. The molecule has 0 bridgehead atoms. The van der Waals surface area contributed by atoms with Crippen LogP contribution in [-0.4, -0.2) is 38.1 Å². The zero-order valence-corrected chi connectivity index (χ0v) is 12.8. The molecular weight excluding hydrogens is 282 g/mol. The van der Waals surface area contributed by atoms with Crippen LogP contribution in [0.1, 0.15) is 28.8 Å². The molecule has 6 heteroatoms. The second-order valence-electron chi connectivity index (χ2n) is 5.47. The molecule has 1 saturated heterocycles. The Morgan fingerprint density at radius 2 is 2.09 bits per heavy atom. The summed E-state index contributed by atoms with van der Waals surface area (Å²) in [5.74, 6) is -0.129. The Balaban J connectivity index is 1.89. The molecule has 1 aromatic carbocycles. The summed E-state index contributed by atoms with van der Waals surface area (Å²) >= 11 is 0. The Labute approximate surface area is 130 Å². The van der Waals surface area contributed by atoms with Crippen molar-refractivity contribution in [3.63, 3.8) is 0 Å². The highest BCUT2D eigenvalue weighted by Crippen LogP contribution is 2.17. The number of carbonyl (C=O) groups is 2. The van der Waals surface area contributed by atoms with Gasteiger partial charge in [0.2, 0.25) is 5.91 Å². The molecule has 1 fully saturated rings. The summed E-state index contributed by atoms with van der Waals surface area (Å²) in [6.07, 6.45) is 1.64. The first-order chi connectivity index (χ1) is 10.6. The van der Waals surface area contributed by atoms with Crippen molar-refractivity contribution in [2.75, 3.05) is 20.3 Å². The monoisotopic (exact) mass is 305 g/mol. The molecule has 1 aromatic rings. The number of hydrogen-bond donors (Lipinski definition) is 3. The fourth-order valence-corrected chi connectivity index (χ4v) is 2.56. The Hall–Kier alpha value is -1.92. The van der Waals surface area contributed by atoms with Gasteiger partial charge in [-0.25, -0.2) is 0 Å². The normalized spacial score (nSPS) is 16.8. The first-order valence-electron chi connectivity index (χ1n) is 7.54. The Kier molecular flexibility index (Phi) is 5.91. The van der Waals surface area contributed by atoms with E-state index in [9.17, 15) is 9.59 Å². The van der Waals surface area contributed by atoms with E-state index in [2.05, 4.69) is 10.6 Å². The third-order valence-electron chi connectivity index (χ3n) is 3.96. The van der Waals surface area contributed by atoms with E-state index in [0.717, 1.165) is 18.4 Å². The van der Waals surface area contributed by atoms with Gasteiger partial charge in [0.1, 0.15) is 0 Å². The van der Waals surface area contributed by atoms with E-state index >= 15 is 0 Å². The highest BCUT2D eigenvalue weighted by atomic mass is 16.5. The number of nitrogens with two attached hydrogens (primary N) is 1. The molecule has 0 radical (unpaired) electrons. The number of carbonyl (C=O) groups excluding carboxylic acids is 2. The van der Waals surface area contributed by atoms with Crippen LogP contribution in [0, 0.1) is 5.92 Å². The molecule has 2 rings (SSSR count). The second-order valence-corrected chi connectivity index (χ2v) is 5.47. The van der Waals surface area contributed by atoms with Gasteiger partial charge in [0, 0.05) is 32.4 Å². The molecule has 0 aliphatic carbocycles. The second kappa shape index (κ2) is 7.91. The van der Waals surface area contributed by atoms with Gasteiger partial charge in [0.25, 0.3) is 5.91 Å². The molecule has 120 valence electrons. The lowest BCUT2D eigenvalue weighted by atomic mass is 9.92. The molecule has 2 amide bonds. The van der Waals surface area contributed by atoms with Crippen molar-refractivity contribution < 1.29 is 14.3 Å². The van der Waals surface area contributed by atoms with Crippen molar-refractivity contribution in [3.05, 3.63) is 35.4 Å². The summed E-state index contributed by atoms with van der Waals surface area (Å²) in [5, 5.41) is 5.42.